The van der Waals surface area contributed by atoms with E-state index in [1.54, 1.807) is 6.07 Å². The van der Waals surface area contributed by atoms with Gasteiger partial charge in [0.05, 0.1) is 5.52 Å². The van der Waals surface area contributed by atoms with Crippen molar-refractivity contribution in [3.8, 4) is 0 Å². The summed E-state index contributed by atoms with van der Waals surface area (Å²) in [5, 5.41) is 7.18. The molecule has 0 atom stereocenters. The first-order valence-corrected chi connectivity index (χ1v) is 8.88. The summed E-state index contributed by atoms with van der Waals surface area (Å²) in [4.78, 5) is 25.9. The molecule has 0 aliphatic carbocycles. The van der Waals surface area contributed by atoms with Crippen LogP contribution in [0.2, 0.25) is 0 Å². The van der Waals surface area contributed by atoms with Gasteiger partial charge in [0.15, 0.2) is 6.29 Å². The zero-order valence-electron chi connectivity index (χ0n) is 15.6. The molecule has 0 spiro atoms. The molecule has 1 aliphatic heterocycles. The number of fused-ring (bicyclic) bond motifs is 1. The number of nitrogens with one attached hydrogen (secondary N) is 2. The number of hydrogen-bond acceptors (Lipinski definition) is 5. The lowest BCUT2D eigenvalue weighted by atomic mass is 10.1. The van der Waals surface area contributed by atoms with E-state index >= 15 is 0 Å². The van der Waals surface area contributed by atoms with Gasteiger partial charge in [-0.15, -0.1) is 0 Å². The van der Waals surface area contributed by atoms with Crippen LogP contribution < -0.4 is 10.6 Å². The summed E-state index contributed by atoms with van der Waals surface area (Å²) in [6.45, 7) is 7.56. The van der Waals surface area contributed by atoms with E-state index in [9.17, 15) is 9.59 Å². The number of aldehydes is 1. The van der Waals surface area contributed by atoms with Crippen molar-refractivity contribution >= 4 is 23.3 Å². The van der Waals surface area contributed by atoms with E-state index < -0.39 is 5.60 Å². The van der Waals surface area contributed by atoms with Crippen LogP contribution >= 0.6 is 0 Å². The first-order valence-electron chi connectivity index (χ1n) is 8.88. The van der Waals surface area contributed by atoms with E-state index in [1.165, 1.54) is 0 Å². The standard InChI is InChI=1S/C10H20N2O2.C10H7NO/c1-10(2,3)14-9(13)12-8-4-6-11-7-5-8;12-7-9-6-5-8-3-1-2-4-10(8)11-9/h8,11H,4-7H2,1-3H3,(H,12,13);1-7H. The number of hydrogen-bond donors (Lipinski definition) is 2. The summed E-state index contributed by atoms with van der Waals surface area (Å²) in [5.41, 5.74) is 0.938. The predicted octanol–water partition coefficient (Wildman–Crippen LogP) is 3.31. The summed E-state index contributed by atoms with van der Waals surface area (Å²) < 4.78 is 5.17. The first-order chi connectivity index (χ1) is 12.4. The highest BCUT2D eigenvalue weighted by Gasteiger charge is 2.20. The van der Waals surface area contributed by atoms with Crippen molar-refractivity contribution in [1.29, 1.82) is 0 Å². The second kappa shape index (κ2) is 9.29. The maximum atomic E-state index is 11.4. The Balaban J connectivity index is 0.000000189. The van der Waals surface area contributed by atoms with Gasteiger partial charge >= 0.3 is 6.09 Å². The average molecular weight is 357 g/mol. The lowest BCUT2D eigenvalue weighted by Gasteiger charge is -2.26. The van der Waals surface area contributed by atoms with Crippen LogP contribution in [0, 0.1) is 0 Å². The zero-order chi connectivity index (χ0) is 19.0. The third-order valence-electron chi connectivity index (χ3n) is 3.80. The number of aromatic nitrogens is 1. The molecule has 6 nitrogen and oxygen atoms in total. The molecule has 0 unspecified atom stereocenters. The van der Waals surface area contributed by atoms with Crippen molar-refractivity contribution in [2.24, 2.45) is 0 Å². The maximum absolute atomic E-state index is 11.4. The van der Waals surface area contributed by atoms with Gasteiger partial charge in [-0.1, -0.05) is 24.3 Å². The summed E-state index contributed by atoms with van der Waals surface area (Å²) in [7, 11) is 0. The number of carbonyl (C=O) groups excluding carboxylic acids is 2. The molecule has 0 radical (unpaired) electrons. The highest BCUT2D eigenvalue weighted by Crippen LogP contribution is 2.10. The molecule has 2 aromatic rings. The summed E-state index contributed by atoms with van der Waals surface area (Å²) in [6, 6.07) is 11.6. The van der Waals surface area contributed by atoms with E-state index in [4.69, 9.17) is 4.74 Å². The van der Waals surface area contributed by atoms with Gasteiger partial charge in [0.2, 0.25) is 0 Å². The Kier molecular flexibility index (Phi) is 7.09. The van der Waals surface area contributed by atoms with Gasteiger partial charge in [0, 0.05) is 11.4 Å². The van der Waals surface area contributed by atoms with Gasteiger partial charge in [0.1, 0.15) is 11.3 Å². The molecular formula is C20H27N3O3. The van der Waals surface area contributed by atoms with Gasteiger partial charge in [0.25, 0.3) is 0 Å². The molecule has 1 saturated heterocycles. The Hall–Kier alpha value is -2.47. The molecule has 0 saturated carbocycles. The summed E-state index contributed by atoms with van der Waals surface area (Å²) in [5.74, 6) is 0. The normalized spacial score (nSPS) is 14.9. The molecule has 1 aromatic heterocycles. The third-order valence-corrected chi connectivity index (χ3v) is 3.80. The highest BCUT2D eigenvalue weighted by atomic mass is 16.6. The minimum absolute atomic E-state index is 0.270. The van der Waals surface area contributed by atoms with Gasteiger partial charge in [-0.05, 0) is 58.8 Å². The number of carbonyl (C=O) groups is 2. The number of piperidine rings is 1. The molecule has 2 N–H and O–H groups in total. The fourth-order valence-corrected chi connectivity index (χ4v) is 2.59. The number of pyridine rings is 1. The molecule has 1 fully saturated rings. The average Bonchev–Trinajstić information content (AvgIpc) is 2.61. The van der Waals surface area contributed by atoms with E-state index in [2.05, 4.69) is 15.6 Å². The minimum atomic E-state index is -0.406. The lowest BCUT2D eigenvalue weighted by molar-refractivity contribution is 0.0495. The molecule has 1 amide bonds. The maximum Gasteiger partial charge on any atom is 0.407 e. The van der Waals surface area contributed by atoms with Crippen molar-refractivity contribution in [3.63, 3.8) is 0 Å². The Labute approximate surface area is 154 Å². The fourth-order valence-electron chi connectivity index (χ4n) is 2.59. The SMILES string of the molecule is CC(C)(C)OC(=O)NC1CCNCC1.O=Cc1ccc2ccccc2n1. The van der Waals surface area contributed by atoms with Crippen LogP contribution in [0.4, 0.5) is 4.79 Å². The second-order valence-electron chi connectivity index (χ2n) is 7.22. The van der Waals surface area contributed by atoms with Crippen LogP contribution in [0.15, 0.2) is 36.4 Å². The largest absolute Gasteiger partial charge is 0.444 e. The smallest absolute Gasteiger partial charge is 0.407 e. The zero-order valence-corrected chi connectivity index (χ0v) is 15.6. The van der Waals surface area contributed by atoms with Crippen molar-refractivity contribution < 1.29 is 14.3 Å². The first kappa shape index (κ1) is 19.8. The molecule has 140 valence electrons. The molecule has 0 bridgehead atoms. The van der Waals surface area contributed by atoms with Gasteiger partial charge in [-0.2, -0.15) is 0 Å². The minimum Gasteiger partial charge on any atom is -0.444 e. The Morgan fingerprint density at radius 1 is 1.19 bits per heavy atom. The van der Waals surface area contributed by atoms with E-state index in [-0.39, 0.29) is 12.1 Å². The summed E-state index contributed by atoms with van der Waals surface area (Å²) >= 11 is 0. The molecule has 2 heterocycles. The quantitative estimate of drug-likeness (QED) is 0.806. The molecule has 1 aromatic carbocycles. The fraction of sp³-hybridized carbons (Fsp3) is 0.450. The van der Waals surface area contributed by atoms with Crippen LogP contribution in [0.3, 0.4) is 0 Å². The van der Waals surface area contributed by atoms with Crippen LogP contribution in [-0.2, 0) is 4.74 Å². The van der Waals surface area contributed by atoms with Crippen LogP contribution in [-0.4, -0.2) is 42.1 Å². The molecule has 3 rings (SSSR count). The number of amides is 1. The number of rotatable bonds is 2. The number of ether oxygens (including phenoxy) is 1. The van der Waals surface area contributed by atoms with Gasteiger partial charge < -0.3 is 15.4 Å². The number of para-hydroxylation sites is 1. The molecule has 1 aliphatic rings. The number of alkyl carbamates (subject to hydrolysis) is 1. The Morgan fingerprint density at radius 3 is 2.54 bits per heavy atom. The van der Waals surface area contributed by atoms with E-state index in [1.807, 2.05) is 51.1 Å². The highest BCUT2D eigenvalue weighted by molar-refractivity contribution is 5.83. The van der Waals surface area contributed by atoms with Gasteiger partial charge in [-0.3, -0.25) is 4.79 Å². The Bertz CT molecular complexity index is 734. The van der Waals surface area contributed by atoms with Crippen molar-refractivity contribution in [2.75, 3.05) is 13.1 Å². The predicted molar refractivity (Wildman–Crippen MR) is 102 cm³/mol. The Morgan fingerprint density at radius 2 is 1.88 bits per heavy atom. The number of benzene rings is 1. The topological polar surface area (TPSA) is 80.3 Å². The molecule has 26 heavy (non-hydrogen) atoms. The third kappa shape index (κ3) is 6.80. The van der Waals surface area contributed by atoms with E-state index in [0.717, 1.165) is 43.1 Å². The second-order valence-corrected chi connectivity index (χ2v) is 7.22. The van der Waals surface area contributed by atoms with Crippen LogP contribution in [0.1, 0.15) is 44.1 Å². The monoisotopic (exact) mass is 357 g/mol. The number of nitrogens with zero attached hydrogens (tertiary/aromatic N) is 1. The van der Waals surface area contributed by atoms with Crippen molar-refractivity contribution in [3.05, 3.63) is 42.1 Å². The molecular weight excluding hydrogens is 330 g/mol. The summed E-state index contributed by atoms with van der Waals surface area (Å²) in [6.07, 6.45) is 2.43. The van der Waals surface area contributed by atoms with Crippen LogP contribution in [0.5, 0.6) is 0 Å². The van der Waals surface area contributed by atoms with Crippen LogP contribution in [0.25, 0.3) is 10.9 Å². The lowest BCUT2D eigenvalue weighted by Crippen LogP contribution is -2.44. The van der Waals surface area contributed by atoms with Crippen molar-refractivity contribution in [1.82, 2.24) is 15.6 Å². The van der Waals surface area contributed by atoms with E-state index in [0.29, 0.717) is 5.69 Å². The van der Waals surface area contributed by atoms with Gasteiger partial charge in [-0.25, -0.2) is 9.78 Å². The molecule has 6 heteroatoms. The van der Waals surface area contributed by atoms with Crippen molar-refractivity contribution in [2.45, 2.75) is 45.3 Å².